The third kappa shape index (κ3) is 2.72. The van der Waals surface area contributed by atoms with Gasteiger partial charge in [-0.2, -0.15) is 9.78 Å². The molecule has 7 nitrogen and oxygen atoms in total. The summed E-state index contributed by atoms with van der Waals surface area (Å²) in [7, 11) is 0. The first-order chi connectivity index (χ1) is 10.6. The molecule has 9 heteroatoms. The number of nitrogens with zero attached hydrogens (tertiary/aromatic N) is 3. The second kappa shape index (κ2) is 5.85. The monoisotopic (exact) mass is 334 g/mol. The van der Waals surface area contributed by atoms with Crippen molar-refractivity contribution in [1.29, 1.82) is 0 Å². The van der Waals surface area contributed by atoms with Gasteiger partial charge in [-0.15, -0.1) is 0 Å². The minimum absolute atomic E-state index is 0.137. The topological polar surface area (TPSA) is 86.0 Å². The van der Waals surface area contributed by atoms with E-state index in [1.54, 1.807) is 4.57 Å². The number of hydrogen-bond donors (Lipinski definition) is 1. The van der Waals surface area contributed by atoms with E-state index in [1.165, 1.54) is 6.33 Å². The summed E-state index contributed by atoms with van der Waals surface area (Å²) in [6, 6.07) is 9.24. The van der Waals surface area contributed by atoms with Crippen LogP contribution in [0.1, 0.15) is 11.2 Å². The van der Waals surface area contributed by atoms with Crippen molar-refractivity contribution >= 4 is 41.0 Å². The summed E-state index contributed by atoms with van der Waals surface area (Å²) in [6.45, 7) is 0. The fourth-order valence-electron chi connectivity index (χ4n) is 2.01. The highest BCUT2D eigenvalue weighted by molar-refractivity contribution is 8.15. The molecule has 1 N–H and O–H groups in total. The minimum Gasteiger partial charge on any atom is -0.286 e. The number of amides is 2. The molecule has 22 heavy (non-hydrogen) atoms. The number of rotatable bonds is 3. The maximum atomic E-state index is 12.2. The van der Waals surface area contributed by atoms with E-state index >= 15 is 0 Å². The normalized spacial score (nSPS) is 17.5. The van der Waals surface area contributed by atoms with Gasteiger partial charge in [0.05, 0.1) is 6.42 Å². The fourth-order valence-corrected chi connectivity index (χ4v) is 3.12. The molecule has 0 bridgehead atoms. The van der Waals surface area contributed by atoms with E-state index in [0.29, 0.717) is 0 Å². The van der Waals surface area contributed by atoms with Crippen LogP contribution in [0, 0.1) is 4.77 Å². The molecular weight excluding hydrogens is 324 g/mol. The Hall–Kier alpha value is -2.26. The van der Waals surface area contributed by atoms with Crippen molar-refractivity contribution in [2.45, 2.75) is 11.7 Å². The Labute approximate surface area is 134 Å². The highest BCUT2D eigenvalue weighted by Crippen LogP contribution is 2.22. The third-order valence-corrected chi connectivity index (χ3v) is 4.42. The third-order valence-electron chi connectivity index (χ3n) is 3.07. The van der Waals surface area contributed by atoms with Gasteiger partial charge in [-0.05, 0) is 24.4 Å². The number of aromatic nitrogens is 3. The van der Waals surface area contributed by atoms with Crippen molar-refractivity contribution < 1.29 is 14.4 Å². The summed E-state index contributed by atoms with van der Waals surface area (Å²) in [6.07, 6.45) is 1.31. The molecule has 1 aromatic heterocycles. The molecule has 2 amide bonds. The van der Waals surface area contributed by atoms with Crippen molar-refractivity contribution in [3.63, 3.8) is 0 Å². The number of benzene rings is 1. The number of carbonyl (C=O) groups excluding carboxylic acids is 3. The van der Waals surface area contributed by atoms with Crippen LogP contribution < -0.4 is 5.32 Å². The van der Waals surface area contributed by atoms with Gasteiger partial charge in [-0.3, -0.25) is 24.3 Å². The molecule has 1 atom stereocenters. The average Bonchev–Trinajstić information content (AvgIpc) is 3.02. The molecule has 2 aromatic rings. The van der Waals surface area contributed by atoms with Gasteiger partial charge in [0.1, 0.15) is 11.6 Å². The lowest BCUT2D eigenvalue weighted by molar-refractivity contribution is -0.119. The standard InChI is InChI=1S/C13H10N4O3S2/c18-10(6-9-11(19)15-12(20)22-9)17-13(21)16(7-14-17)8-4-2-1-3-5-8/h1-5,7,9H,6H2,(H,15,19,20). The second-order valence-corrected chi connectivity index (χ2v) is 6.05. The van der Waals surface area contributed by atoms with Crippen LogP contribution in [0.5, 0.6) is 0 Å². The van der Waals surface area contributed by atoms with Gasteiger partial charge in [-0.1, -0.05) is 30.0 Å². The van der Waals surface area contributed by atoms with Crippen molar-refractivity contribution in [3.8, 4) is 5.69 Å². The first-order valence-electron chi connectivity index (χ1n) is 6.33. The maximum Gasteiger partial charge on any atom is 0.286 e. The molecule has 2 heterocycles. The summed E-state index contributed by atoms with van der Waals surface area (Å²) >= 11 is 6.05. The van der Waals surface area contributed by atoms with E-state index < -0.39 is 22.3 Å². The van der Waals surface area contributed by atoms with Gasteiger partial charge in [-0.25, -0.2) is 0 Å². The lowest BCUT2D eigenvalue weighted by Gasteiger charge is -2.04. The molecule has 1 aliphatic heterocycles. The van der Waals surface area contributed by atoms with Crippen LogP contribution in [-0.2, 0) is 4.79 Å². The second-order valence-electron chi connectivity index (χ2n) is 4.51. The largest absolute Gasteiger partial charge is 0.286 e. The fraction of sp³-hybridized carbons (Fsp3) is 0.154. The highest BCUT2D eigenvalue weighted by atomic mass is 32.2. The molecule has 0 spiro atoms. The Kier molecular flexibility index (Phi) is 3.90. The van der Waals surface area contributed by atoms with Crippen LogP contribution in [0.25, 0.3) is 5.69 Å². The van der Waals surface area contributed by atoms with Crippen LogP contribution in [0.4, 0.5) is 4.79 Å². The number of hydrogen-bond acceptors (Lipinski definition) is 6. The van der Waals surface area contributed by atoms with E-state index in [4.69, 9.17) is 12.2 Å². The zero-order valence-corrected chi connectivity index (χ0v) is 12.8. The number of para-hydroxylation sites is 1. The number of nitrogens with one attached hydrogen (secondary N) is 1. The summed E-state index contributed by atoms with van der Waals surface area (Å²) < 4.78 is 2.88. The molecule has 0 saturated carbocycles. The summed E-state index contributed by atoms with van der Waals surface area (Å²) in [5.74, 6) is -0.889. The molecule has 1 unspecified atom stereocenters. The van der Waals surface area contributed by atoms with Crippen LogP contribution in [0.3, 0.4) is 0 Å². The first-order valence-corrected chi connectivity index (χ1v) is 7.62. The van der Waals surface area contributed by atoms with Gasteiger partial charge in [0.25, 0.3) is 11.1 Å². The Balaban J connectivity index is 1.83. The summed E-state index contributed by atoms with van der Waals surface area (Å²) in [5, 5.41) is 4.94. The Morgan fingerprint density at radius 3 is 2.68 bits per heavy atom. The summed E-state index contributed by atoms with van der Waals surface area (Å²) in [5.41, 5.74) is 0.787. The first kappa shape index (κ1) is 14.7. The number of imide groups is 1. The van der Waals surface area contributed by atoms with Crippen LogP contribution in [-0.4, -0.2) is 36.7 Å². The maximum absolute atomic E-state index is 12.2. The number of carbonyl (C=O) groups is 3. The molecule has 0 radical (unpaired) electrons. The van der Waals surface area contributed by atoms with E-state index in [0.717, 1.165) is 22.1 Å². The van der Waals surface area contributed by atoms with Crippen molar-refractivity contribution in [3.05, 3.63) is 41.4 Å². The lowest BCUT2D eigenvalue weighted by atomic mass is 10.3. The zero-order chi connectivity index (χ0) is 15.7. The van der Waals surface area contributed by atoms with Crippen molar-refractivity contribution in [1.82, 2.24) is 19.7 Å². The van der Waals surface area contributed by atoms with E-state index in [1.807, 2.05) is 30.3 Å². The molecule has 3 rings (SSSR count). The minimum atomic E-state index is -0.733. The van der Waals surface area contributed by atoms with Crippen LogP contribution >= 0.6 is 24.0 Å². The van der Waals surface area contributed by atoms with Gasteiger partial charge >= 0.3 is 0 Å². The quantitative estimate of drug-likeness (QED) is 0.861. The average molecular weight is 334 g/mol. The predicted molar refractivity (Wildman–Crippen MR) is 82.5 cm³/mol. The predicted octanol–water partition coefficient (Wildman–Crippen LogP) is 1.79. The molecular formula is C13H10N4O3S2. The van der Waals surface area contributed by atoms with Gasteiger partial charge in [0.2, 0.25) is 10.7 Å². The van der Waals surface area contributed by atoms with Crippen molar-refractivity contribution in [2.75, 3.05) is 0 Å². The lowest BCUT2D eigenvalue weighted by Crippen LogP contribution is -2.27. The van der Waals surface area contributed by atoms with Gasteiger partial charge in [0, 0.05) is 5.69 Å². The van der Waals surface area contributed by atoms with E-state index in [2.05, 4.69) is 10.4 Å². The van der Waals surface area contributed by atoms with Gasteiger partial charge < -0.3 is 0 Å². The van der Waals surface area contributed by atoms with Gasteiger partial charge in [0.15, 0.2) is 0 Å². The Morgan fingerprint density at radius 2 is 2.05 bits per heavy atom. The molecule has 1 saturated heterocycles. The zero-order valence-electron chi connectivity index (χ0n) is 11.1. The highest BCUT2D eigenvalue weighted by Gasteiger charge is 2.34. The molecule has 1 aliphatic rings. The number of thioether (sulfide) groups is 1. The van der Waals surface area contributed by atoms with E-state index in [-0.39, 0.29) is 11.2 Å². The Bertz CT molecular complexity index is 812. The molecule has 1 aromatic carbocycles. The van der Waals surface area contributed by atoms with Crippen molar-refractivity contribution in [2.24, 2.45) is 0 Å². The Morgan fingerprint density at radius 1 is 1.32 bits per heavy atom. The molecule has 1 fully saturated rings. The van der Waals surface area contributed by atoms with Crippen LogP contribution in [0.15, 0.2) is 36.7 Å². The van der Waals surface area contributed by atoms with E-state index in [9.17, 15) is 14.4 Å². The molecule has 112 valence electrons. The van der Waals surface area contributed by atoms with Crippen LogP contribution in [0.2, 0.25) is 0 Å². The molecule has 0 aliphatic carbocycles. The SMILES string of the molecule is O=C1NC(=O)C(CC(=O)n2ncn(-c3ccccc3)c2=S)S1. The summed E-state index contributed by atoms with van der Waals surface area (Å²) in [4.78, 5) is 34.8. The smallest absolute Gasteiger partial charge is 0.286 e.